The Labute approximate surface area is 137 Å². The molecule has 2 aromatic rings. The summed E-state index contributed by atoms with van der Waals surface area (Å²) in [6, 6.07) is 8.70. The molecule has 1 radical (unpaired) electrons. The van der Waals surface area contributed by atoms with E-state index < -0.39 is 5.91 Å². The van der Waals surface area contributed by atoms with Crippen LogP contribution in [0.3, 0.4) is 0 Å². The lowest BCUT2D eigenvalue weighted by molar-refractivity contribution is 0.1000. The Balaban J connectivity index is 2.00. The minimum Gasteiger partial charge on any atom is -0.365 e. The Morgan fingerprint density at radius 2 is 2.09 bits per heavy atom. The number of rotatable bonds is 4. The molecule has 1 amide bonds. The van der Waals surface area contributed by atoms with Crippen molar-refractivity contribution in [2.75, 3.05) is 37.6 Å². The van der Waals surface area contributed by atoms with Crippen molar-refractivity contribution in [2.24, 2.45) is 5.73 Å². The van der Waals surface area contributed by atoms with Gasteiger partial charge in [-0.3, -0.25) is 9.69 Å². The maximum atomic E-state index is 12.0. The van der Waals surface area contributed by atoms with Gasteiger partial charge in [0, 0.05) is 31.6 Å². The predicted molar refractivity (Wildman–Crippen MR) is 92.8 cm³/mol. The predicted octanol–water partition coefficient (Wildman–Crippen LogP) is 1.97. The highest BCUT2D eigenvalue weighted by Crippen LogP contribution is 2.28. The molecule has 1 fully saturated rings. The summed E-state index contributed by atoms with van der Waals surface area (Å²) in [5.74, 6) is 0.316. The number of nitrogens with zero attached hydrogens (tertiary/aromatic N) is 3. The highest BCUT2D eigenvalue weighted by molar-refractivity contribution is 6.04. The summed E-state index contributed by atoms with van der Waals surface area (Å²) < 4.78 is 0. The molecule has 0 spiro atoms. The van der Waals surface area contributed by atoms with Crippen LogP contribution in [-0.4, -0.2) is 48.5 Å². The van der Waals surface area contributed by atoms with Crippen molar-refractivity contribution in [1.29, 1.82) is 0 Å². The van der Waals surface area contributed by atoms with Crippen LogP contribution in [0.2, 0.25) is 0 Å². The van der Waals surface area contributed by atoms with E-state index in [2.05, 4.69) is 22.8 Å². The zero-order valence-electron chi connectivity index (χ0n) is 13.8. The number of carbonyl (C=O) groups is 1. The van der Waals surface area contributed by atoms with E-state index in [0.717, 1.165) is 61.4 Å². The lowest BCUT2D eigenvalue weighted by Crippen LogP contribution is -2.47. The number of hydrogen-bond acceptors (Lipinski definition) is 4. The monoisotopic (exact) mass is 311 g/mol. The van der Waals surface area contributed by atoms with E-state index in [4.69, 9.17) is 10.7 Å². The zero-order valence-corrected chi connectivity index (χ0v) is 13.8. The lowest BCUT2D eigenvalue weighted by Gasteiger charge is -2.36. The number of anilines is 1. The number of fused-ring (bicyclic) bond motifs is 1. The molecule has 23 heavy (non-hydrogen) atoms. The van der Waals surface area contributed by atoms with E-state index in [1.165, 1.54) is 0 Å². The van der Waals surface area contributed by atoms with Gasteiger partial charge >= 0.3 is 0 Å². The number of amides is 1. The molecule has 0 aliphatic carbocycles. The number of pyridine rings is 1. The maximum absolute atomic E-state index is 12.0. The quantitative estimate of drug-likeness (QED) is 0.938. The number of aromatic nitrogens is 1. The van der Waals surface area contributed by atoms with E-state index >= 15 is 0 Å². The van der Waals surface area contributed by atoms with Crippen LogP contribution in [0.4, 0.5) is 5.82 Å². The van der Waals surface area contributed by atoms with E-state index in [-0.39, 0.29) is 0 Å². The SMILES string of the molecule is CCCN1CCN(c2nc3cc[c]cc3c(C)c2C(N)=O)CC1. The Kier molecular flexibility index (Phi) is 4.48. The van der Waals surface area contributed by atoms with Crippen LogP contribution in [0.15, 0.2) is 18.2 Å². The fourth-order valence-corrected chi connectivity index (χ4v) is 3.32. The van der Waals surface area contributed by atoms with Crippen LogP contribution in [-0.2, 0) is 0 Å². The fraction of sp³-hybridized carbons (Fsp3) is 0.444. The van der Waals surface area contributed by atoms with Crippen molar-refractivity contribution in [3.63, 3.8) is 0 Å². The second kappa shape index (κ2) is 6.54. The van der Waals surface area contributed by atoms with Crippen molar-refractivity contribution in [3.05, 3.63) is 35.4 Å². The number of benzene rings is 1. The summed E-state index contributed by atoms with van der Waals surface area (Å²) in [5.41, 5.74) is 7.98. The molecule has 121 valence electrons. The molecular formula is C18H23N4O. The molecule has 0 saturated carbocycles. The molecule has 2 heterocycles. The van der Waals surface area contributed by atoms with Gasteiger partial charge in [-0.1, -0.05) is 13.0 Å². The van der Waals surface area contributed by atoms with Gasteiger partial charge in [0.05, 0.1) is 11.1 Å². The summed E-state index contributed by atoms with van der Waals surface area (Å²) >= 11 is 0. The molecule has 1 aromatic heterocycles. The number of carbonyl (C=O) groups excluding carboxylic acids is 1. The number of piperazine rings is 1. The fourth-order valence-electron chi connectivity index (χ4n) is 3.32. The molecule has 2 N–H and O–H groups in total. The first-order chi connectivity index (χ1) is 11.1. The van der Waals surface area contributed by atoms with Gasteiger partial charge in [0.25, 0.3) is 5.91 Å². The summed E-state index contributed by atoms with van der Waals surface area (Å²) in [4.78, 5) is 21.4. The van der Waals surface area contributed by atoms with Crippen LogP contribution in [0.25, 0.3) is 10.9 Å². The minimum atomic E-state index is -0.410. The van der Waals surface area contributed by atoms with Gasteiger partial charge in [0.2, 0.25) is 0 Å². The van der Waals surface area contributed by atoms with Crippen LogP contribution in [0, 0.1) is 13.0 Å². The smallest absolute Gasteiger partial charge is 0.252 e. The third-order valence-corrected chi connectivity index (χ3v) is 4.53. The average molecular weight is 311 g/mol. The summed E-state index contributed by atoms with van der Waals surface area (Å²) in [7, 11) is 0. The van der Waals surface area contributed by atoms with Crippen LogP contribution in [0.1, 0.15) is 29.3 Å². The summed E-state index contributed by atoms with van der Waals surface area (Å²) in [6.07, 6.45) is 1.16. The van der Waals surface area contributed by atoms with Crippen molar-refractivity contribution in [2.45, 2.75) is 20.3 Å². The molecule has 1 aliphatic rings. The highest BCUT2D eigenvalue weighted by atomic mass is 16.1. The van der Waals surface area contributed by atoms with Crippen molar-refractivity contribution in [3.8, 4) is 0 Å². The third-order valence-electron chi connectivity index (χ3n) is 4.53. The van der Waals surface area contributed by atoms with Gasteiger partial charge in [-0.05, 0) is 43.7 Å². The molecule has 5 heteroatoms. The molecule has 1 aliphatic heterocycles. The lowest BCUT2D eigenvalue weighted by atomic mass is 10.0. The van der Waals surface area contributed by atoms with Crippen molar-refractivity contribution in [1.82, 2.24) is 9.88 Å². The third kappa shape index (κ3) is 3.01. The summed E-state index contributed by atoms with van der Waals surface area (Å²) in [6.45, 7) is 8.99. The topological polar surface area (TPSA) is 62.5 Å². The number of nitrogens with two attached hydrogens (primary N) is 1. The molecule has 1 saturated heterocycles. The zero-order chi connectivity index (χ0) is 16.4. The van der Waals surface area contributed by atoms with Crippen LogP contribution < -0.4 is 10.6 Å². The van der Waals surface area contributed by atoms with Gasteiger partial charge in [-0.15, -0.1) is 0 Å². The van der Waals surface area contributed by atoms with Gasteiger partial charge in [0.15, 0.2) is 0 Å². The average Bonchev–Trinajstić information content (AvgIpc) is 2.55. The number of primary amides is 1. The van der Waals surface area contributed by atoms with E-state index in [9.17, 15) is 4.79 Å². The first kappa shape index (κ1) is 15.7. The molecular weight excluding hydrogens is 288 g/mol. The van der Waals surface area contributed by atoms with Crippen LogP contribution >= 0.6 is 0 Å². The normalized spacial score (nSPS) is 16.0. The number of aryl methyl sites for hydroxylation is 1. The van der Waals surface area contributed by atoms with Gasteiger partial charge in [0.1, 0.15) is 5.82 Å². The van der Waals surface area contributed by atoms with E-state index in [1.54, 1.807) is 0 Å². The Bertz CT molecular complexity index is 720. The molecule has 0 atom stereocenters. The van der Waals surface area contributed by atoms with Crippen LogP contribution in [0.5, 0.6) is 0 Å². The Hall–Kier alpha value is -2.14. The minimum absolute atomic E-state index is 0.410. The molecule has 0 unspecified atom stereocenters. The van der Waals surface area contributed by atoms with Gasteiger partial charge < -0.3 is 10.6 Å². The van der Waals surface area contributed by atoms with E-state index in [0.29, 0.717) is 5.56 Å². The summed E-state index contributed by atoms with van der Waals surface area (Å²) in [5, 5.41) is 0.940. The molecule has 0 bridgehead atoms. The first-order valence-corrected chi connectivity index (χ1v) is 8.19. The maximum Gasteiger partial charge on any atom is 0.252 e. The van der Waals surface area contributed by atoms with Gasteiger partial charge in [-0.2, -0.15) is 0 Å². The molecule has 3 rings (SSSR count). The second-order valence-corrected chi connectivity index (χ2v) is 6.07. The van der Waals surface area contributed by atoms with Gasteiger partial charge in [-0.25, -0.2) is 4.98 Å². The number of hydrogen-bond donors (Lipinski definition) is 1. The van der Waals surface area contributed by atoms with Crippen molar-refractivity contribution < 1.29 is 4.79 Å². The van der Waals surface area contributed by atoms with Crippen molar-refractivity contribution >= 4 is 22.6 Å². The first-order valence-electron chi connectivity index (χ1n) is 8.19. The largest absolute Gasteiger partial charge is 0.365 e. The Morgan fingerprint density at radius 3 is 2.74 bits per heavy atom. The molecule has 5 nitrogen and oxygen atoms in total. The van der Waals surface area contributed by atoms with E-state index in [1.807, 2.05) is 25.1 Å². The standard InChI is InChI=1S/C18H23N4O/c1-3-8-21-9-11-22(12-10-21)18-16(17(19)23)13(2)14-6-4-5-7-15(14)20-18/h5-7H,3,8-12H2,1-2H3,(H2,19,23). The molecule has 1 aromatic carbocycles. The Morgan fingerprint density at radius 1 is 1.35 bits per heavy atom. The highest BCUT2D eigenvalue weighted by Gasteiger charge is 2.24. The second-order valence-electron chi connectivity index (χ2n) is 6.07.